The van der Waals surface area contributed by atoms with Crippen molar-refractivity contribution in [1.82, 2.24) is 9.97 Å². The molecule has 1 unspecified atom stereocenters. The zero-order chi connectivity index (χ0) is 7.40. The predicted octanol–water partition coefficient (Wildman–Crippen LogP) is -0.498. The molecule has 2 N–H and O–H groups in total. The molecule has 1 atom stereocenters. The average Bonchev–Trinajstić information content (AvgIpc) is 2.05. The molecule has 0 bridgehead atoms. The average molecular weight is 140 g/mol. The third-order valence-electron chi connectivity index (χ3n) is 1.06. The van der Waals surface area contributed by atoms with Crippen LogP contribution < -0.4 is 0 Å². The first-order valence-corrected chi connectivity index (χ1v) is 2.90. The zero-order valence-electron chi connectivity index (χ0n) is 5.31. The molecule has 1 rings (SSSR count). The molecule has 0 saturated carbocycles. The summed E-state index contributed by atoms with van der Waals surface area (Å²) >= 11 is 0. The van der Waals surface area contributed by atoms with E-state index in [0.29, 0.717) is 0 Å². The Morgan fingerprint density at radius 1 is 1.40 bits per heavy atom. The van der Waals surface area contributed by atoms with Gasteiger partial charge < -0.3 is 10.2 Å². The molecule has 0 spiro atoms. The maximum Gasteiger partial charge on any atom is 0.159 e. The van der Waals surface area contributed by atoms with Crippen LogP contribution in [-0.4, -0.2) is 26.8 Å². The van der Waals surface area contributed by atoms with Gasteiger partial charge in [-0.15, -0.1) is 0 Å². The van der Waals surface area contributed by atoms with Crippen LogP contribution in [0.4, 0.5) is 0 Å². The van der Waals surface area contributed by atoms with Gasteiger partial charge in [0.15, 0.2) is 5.82 Å². The highest BCUT2D eigenvalue weighted by molar-refractivity contribution is 4.91. The van der Waals surface area contributed by atoms with E-state index in [2.05, 4.69) is 9.97 Å². The molecule has 4 nitrogen and oxygen atoms in total. The third kappa shape index (κ3) is 1.49. The topological polar surface area (TPSA) is 66.2 Å². The molecule has 0 aromatic carbocycles. The van der Waals surface area contributed by atoms with E-state index in [1.54, 1.807) is 6.07 Å². The van der Waals surface area contributed by atoms with Crippen LogP contribution in [0.3, 0.4) is 0 Å². The van der Waals surface area contributed by atoms with E-state index in [-0.39, 0.29) is 12.4 Å². The fraction of sp³-hybridized carbons (Fsp3) is 0.333. The first-order valence-electron chi connectivity index (χ1n) is 2.90. The van der Waals surface area contributed by atoms with Gasteiger partial charge in [-0.1, -0.05) is 0 Å². The highest BCUT2D eigenvalue weighted by Gasteiger charge is 2.06. The summed E-state index contributed by atoms with van der Waals surface area (Å²) in [5, 5.41) is 17.4. The second kappa shape index (κ2) is 3.24. The van der Waals surface area contributed by atoms with Gasteiger partial charge >= 0.3 is 0 Å². The van der Waals surface area contributed by atoms with Crippen LogP contribution in [0.15, 0.2) is 18.5 Å². The summed E-state index contributed by atoms with van der Waals surface area (Å²) in [4.78, 5) is 7.46. The summed E-state index contributed by atoms with van der Waals surface area (Å²) in [5.74, 6) is 0.255. The molecule has 10 heavy (non-hydrogen) atoms. The SMILES string of the molecule is OCC(O)c1ncccn1. The van der Waals surface area contributed by atoms with Crippen molar-refractivity contribution in [3.8, 4) is 0 Å². The van der Waals surface area contributed by atoms with Gasteiger partial charge in [0.2, 0.25) is 0 Å². The Morgan fingerprint density at radius 2 is 2.00 bits per heavy atom. The van der Waals surface area contributed by atoms with Gasteiger partial charge in [0.1, 0.15) is 6.10 Å². The molecule has 1 heterocycles. The fourth-order valence-electron chi connectivity index (χ4n) is 0.564. The summed E-state index contributed by atoms with van der Waals surface area (Å²) in [6.45, 7) is -0.343. The minimum absolute atomic E-state index is 0.255. The van der Waals surface area contributed by atoms with E-state index < -0.39 is 6.10 Å². The van der Waals surface area contributed by atoms with Crippen LogP contribution in [0, 0.1) is 0 Å². The van der Waals surface area contributed by atoms with E-state index in [4.69, 9.17) is 10.2 Å². The molecule has 0 amide bonds. The second-order valence-corrected chi connectivity index (χ2v) is 1.81. The van der Waals surface area contributed by atoms with E-state index in [1.165, 1.54) is 12.4 Å². The quantitative estimate of drug-likeness (QED) is 0.581. The molecule has 4 heteroatoms. The fourth-order valence-corrected chi connectivity index (χ4v) is 0.564. The molecular weight excluding hydrogens is 132 g/mol. The Kier molecular flexibility index (Phi) is 2.30. The van der Waals surface area contributed by atoms with E-state index >= 15 is 0 Å². The van der Waals surface area contributed by atoms with E-state index in [1.807, 2.05) is 0 Å². The Bertz CT molecular complexity index is 190. The standard InChI is InChI=1S/C6H8N2O2/c9-4-5(10)6-7-2-1-3-8-6/h1-3,5,9-10H,4H2. The largest absolute Gasteiger partial charge is 0.393 e. The predicted molar refractivity (Wildman–Crippen MR) is 34.1 cm³/mol. The molecule has 1 aromatic heterocycles. The van der Waals surface area contributed by atoms with Gasteiger partial charge in [0.05, 0.1) is 6.61 Å². The minimum atomic E-state index is -0.957. The van der Waals surface area contributed by atoms with Gasteiger partial charge in [-0.2, -0.15) is 0 Å². The first kappa shape index (κ1) is 7.11. The van der Waals surface area contributed by atoms with Gasteiger partial charge in [-0.3, -0.25) is 0 Å². The maximum absolute atomic E-state index is 8.95. The van der Waals surface area contributed by atoms with Crippen LogP contribution in [-0.2, 0) is 0 Å². The van der Waals surface area contributed by atoms with Crippen LogP contribution in [0.2, 0.25) is 0 Å². The second-order valence-electron chi connectivity index (χ2n) is 1.81. The lowest BCUT2D eigenvalue weighted by Gasteiger charge is -2.02. The third-order valence-corrected chi connectivity index (χ3v) is 1.06. The van der Waals surface area contributed by atoms with Gasteiger partial charge in [-0.05, 0) is 6.07 Å². The Labute approximate surface area is 58.2 Å². The van der Waals surface area contributed by atoms with Gasteiger partial charge in [0, 0.05) is 12.4 Å². The van der Waals surface area contributed by atoms with Gasteiger partial charge in [-0.25, -0.2) is 9.97 Å². The molecule has 0 saturated heterocycles. The van der Waals surface area contributed by atoms with Crippen molar-refractivity contribution in [3.63, 3.8) is 0 Å². The van der Waals surface area contributed by atoms with Crippen molar-refractivity contribution in [2.24, 2.45) is 0 Å². The summed E-state index contributed by atoms with van der Waals surface area (Å²) in [7, 11) is 0. The molecule has 54 valence electrons. The maximum atomic E-state index is 8.95. The molecule has 0 aliphatic heterocycles. The number of hydrogen-bond acceptors (Lipinski definition) is 4. The molecule has 0 radical (unpaired) electrons. The van der Waals surface area contributed by atoms with Crippen molar-refractivity contribution in [3.05, 3.63) is 24.3 Å². The van der Waals surface area contributed by atoms with Gasteiger partial charge in [0.25, 0.3) is 0 Å². The Hall–Kier alpha value is -1.00. The Balaban J connectivity index is 2.75. The molecule has 1 aromatic rings. The molecule has 0 fully saturated rings. The van der Waals surface area contributed by atoms with Crippen molar-refractivity contribution >= 4 is 0 Å². The van der Waals surface area contributed by atoms with Crippen LogP contribution >= 0.6 is 0 Å². The van der Waals surface area contributed by atoms with Crippen molar-refractivity contribution < 1.29 is 10.2 Å². The summed E-state index contributed by atoms with van der Waals surface area (Å²) in [6, 6.07) is 1.65. The van der Waals surface area contributed by atoms with E-state index in [0.717, 1.165) is 0 Å². The zero-order valence-corrected chi connectivity index (χ0v) is 5.31. The summed E-state index contributed by atoms with van der Waals surface area (Å²) < 4.78 is 0. The lowest BCUT2D eigenvalue weighted by molar-refractivity contribution is 0.0886. The monoisotopic (exact) mass is 140 g/mol. The lowest BCUT2D eigenvalue weighted by Crippen LogP contribution is -2.06. The minimum Gasteiger partial charge on any atom is -0.393 e. The first-order chi connectivity index (χ1) is 4.84. The number of rotatable bonds is 2. The molecule has 0 aliphatic rings. The number of aliphatic hydroxyl groups is 2. The number of hydrogen-bond donors (Lipinski definition) is 2. The van der Waals surface area contributed by atoms with Crippen LogP contribution in [0.5, 0.6) is 0 Å². The molecular formula is C6H8N2O2. The number of aromatic nitrogens is 2. The lowest BCUT2D eigenvalue weighted by atomic mass is 10.3. The summed E-state index contributed by atoms with van der Waals surface area (Å²) in [5.41, 5.74) is 0. The summed E-state index contributed by atoms with van der Waals surface area (Å²) in [6.07, 6.45) is 2.07. The highest BCUT2D eigenvalue weighted by atomic mass is 16.3. The van der Waals surface area contributed by atoms with Crippen LogP contribution in [0.25, 0.3) is 0 Å². The van der Waals surface area contributed by atoms with E-state index in [9.17, 15) is 0 Å². The number of nitrogens with zero attached hydrogens (tertiary/aromatic N) is 2. The smallest absolute Gasteiger partial charge is 0.159 e. The van der Waals surface area contributed by atoms with Crippen molar-refractivity contribution in [1.29, 1.82) is 0 Å². The van der Waals surface area contributed by atoms with Crippen molar-refractivity contribution in [2.45, 2.75) is 6.10 Å². The number of aliphatic hydroxyl groups excluding tert-OH is 2. The highest BCUT2D eigenvalue weighted by Crippen LogP contribution is 2.02. The normalized spacial score (nSPS) is 13.0. The Morgan fingerprint density at radius 3 is 2.50 bits per heavy atom. The molecule has 0 aliphatic carbocycles. The van der Waals surface area contributed by atoms with Crippen LogP contribution in [0.1, 0.15) is 11.9 Å². The van der Waals surface area contributed by atoms with Crippen molar-refractivity contribution in [2.75, 3.05) is 6.61 Å².